The summed E-state index contributed by atoms with van der Waals surface area (Å²) >= 11 is 0. The minimum atomic E-state index is -0.952. The first-order valence-electron chi connectivity index (χ1n) is 9.43. The zero-order valence-electron chi connectivity index (χ0n) is 16.9. The van der Waals surface area contributed by atoms with E-state index in [1.54, 1.807) is 24.0 Å². The Morgan fingerprint density at radius 2 is 1.87 bits per heavy atom. The number of hydrogen-bond acceptors (Lipinski definition) is 7. The summed E-state index contributed by atoms with van der Waals surface area (Å²) in [6.45, 7) is 4.48. The second-order valence-electron chi connectivity index (χ2n) is 6.95. The van der Waals surface area contributed by atoms with E-state index in [1.807, 2.05) is 0 Å². The van der Waals surface area contributed by atoms with Crippen molar-refractivity contribution in [2.45, 2.75) is 38.8 Å². The number of rotatable bonds is 4. The summed E-state index contributed by atoms with van der Waals surface area (Å²) in [4.78, 5) is 50.9. The highest BCUT2D eigenvalue weighted by Gasteiger charge is 2.47. The van der Waals surface area contributed by atoms with Gasteiger partial charge in [0, 0.05) is 39.1 Å². The molecule has 11 nitrogen and oxygen atoms in total. The maximum Gasteiger partial charge on any atom is 0.410 e. The van der Waals surface area contributed by atoms with Crippen molar-refractivity contribution >= 4 is 24.1 Å². The highest BCUT2D eigenvalue weighted by Crippen LogP contribution is 2.33. The number of nitrogens with zero attached hydrogens (tertiary/aromatic N) is 3. The second kappa shape index (κ2) is 9.90. The average Bonchev–Trinajstić information content (AvgIpc) is 2.97. The number of carbonyl (C=O) groups excluding carboxylic acids is 2. The molecule has 0 atom stereocenters. The second-order valence-corrected chi connectivity index (χ2v) is 6.95. The van der Waals surface area contributed by atoms with Gasteiger partial charge >= 0.3 is 18.2 Å². The van der Waals surface area contributed by atoms with Crippen LogP contribution in [0.25, 0.3) is 0 Å². The van der Waals surface area contributed by atoms with Crippen molar-refractivity contribution in [1.29, 1.82) is 0 Å². The zero-order valence-corrected chi connectivity index (χ0v) is 16.9. The lowest BCUT2D eigenvalue weighted by Crippen LogP contribution is -2.48. The Morgan fingerprint density at radius 1 is 1.23 bits per heavy atom. The molecule has 11 heteroatoms. The fourth-order valence-corrected chi connectivity index (χ4v) is 3.23. The lowest BCUT2D eigenvalue weighted by molar-refractivity contribution is -0.134. The molecule has 30 heavy (non-hydrogen) atoms. The van der Waals surface area contributed by atoms with Crippen LogP contribution < -0.4 is 0 Å². The van der Waals surface area contributed by atoms with Crippen LogP contribution in [0.15, 0.2) is 18.3 Å². The number of pyridine rings is 1. The lowest BCUT2D eigenvalue weighted by Gasteiger charge is -2.35. The molecule has 0 unspecified atom stereocenters. The predicted octanol–water partition coefficient (Wildman–Crippen LogP) is 1.81. The third kappa shape index (κ3) is 6.06. The monoisotopic (exact) mass is 423 g/mol. The Labute approximate surface area is 173 Å². The predicted molar refractivity (Wildman–Crippen MR) is 102 cm³/mol. The topological polar surface area (TPSA) is 147 Å². The van der Waals surface area contributed by atoms with Gasteiger partial charge in [-0.3, -0.25) is 14.7 Å². The molecular weight excluding hydrogens is 398 g/mol. The normalized spacial score (nSPS) is 17.1. The average molecular weight is 423 g/mol. The number of likely N-dealkylation sites (tertiary alicyclic amines) is 1. The molecule has 1 aromatic rings. The third-order valence-electron chi connectivity index (χ3n) is 4.67. The molecule has 0 aliphatic carbocycles. The molecule has 3 heterocycles. The van der Waals surface area contributed by atoms with E-state index in [4.69, 9.17) is 24.5 Å². The number of carbonyl (C=O) groups is 4. The van der Waals surface area contributed by atoms with Gasteiger partial charge in [-0.05, 0) is 19.1 Å². The summed E-state index contributed by atoms with van der Waals surface area (Å²) < 4.78 is 10.5. The lowest BCUT2D eigenvalue weighted by atomic mass is 9.91. The van der Waals surface area contributed by atoms with Crippen LogP contribution in [-0.4, -0.2) is 81.0 Å². The summed E-state index contributed by atoms with van der Waals surface area (Å²) in [6.07, 6.45) is 1.01. The van der Waals surface area contributed by atoms with Crippen molar-refractivity contribution in [3.63, 3.8) is 0 Å². The van der Waals surface area contributed by atoms with E-state index >= 15 is 0 Å². The number of carboxylic acid groups (broad SMARTS) is 2. The van der Waals surface area contributed by atoms with Gasteiger partial charge in [0.05, 0.1) is 31.0 Å². The van der Waals surface area contributed by atoms with Crippen LogP contribution in [0.3, 0.4) is 0 Å². The fraction of sp³-hybridized carbons (Fsp3) is 0.526. The van der Waals surface area contributed by atoms with Crippen LogP contribution in [-0.2, 0) is 20.8 Å². The molecule has 2 aliphatic heterocycles. The molecule has 2 fully saturated rings. The van der Waals surface area contributed by atoms with E-state index in [0.29, 0.717) is 50.3 Å². The van der Waals surface area contributed by atoms with Crippen LogP contribution in [0.1, 0.15) is 42.7 Å². The molecular formula is C19H25N3O8. The van der Waals surface area contributed by atoms with Gasteiger partial charge in [-0.2, -0.15) is 0 Å². The van der Waals surface area contributed by atoms with Crippen molar-refractivity contribution in [2.24, 2.45) is 0 Å². The van der Waals surface area contributed by atoms with Crippen molar-refractivity contribution in [1.82, 2.24) is 14.8 Å². The smallest absolute Gasteiger partial charge is 0.410 e. The van der Waals surface area contributed by atoms with Gasteiger partial charge in [0.2, 0.25) is 0 Å². The molecule has 164 valence electrons. The number of aromatic nitrogens is 1. The number of esters is 1. The molecule has 2 amide bonds. The van der Waals surface area contributed by atoms with E-state index in [-0.39, 0.29) is 6.54 Å². The Bertz CT molecular complexity index is 783. The summed E-state index contributed by atoms with van der Waals surface area (Å²) in [5.41, 5.74) is 0.362. The van der Waals surface area contributed by atoms with Crippen LogP contribution >= 0.6 is 0 Å². The molecule has 3 rings (SSSR count). The molecule has 0 bridgehead atoms. The molecule has 2 saturated heterocycles. The van der Waals surface area contributed by atoms with Gasteiger partial charge in [0.1, 0.15) is 5.60 Å². The number of aliphatic carboxylic acids is 1. The minimum absolute atomic E-state index is 0.270. The van der Waals surface area contributed by atoms with Gasteiger partial charge in [-0.25, -0.2) is 14.4 Å². The molecule has 0 aromatic carbocycles. The first kappa shape index (κ1) is 22.9. The van der Waals surface area contributed by atoms with Crippen LogP contribution in [0, 0.1) is 0 Å². The standard InChI is InChI=1S/C17H21N3O6.C2H4O2/c1-2-25-14(21)12-3-4-13(18-9-12)10-20-11-17(26-16(20)24)5-7-19(8-6-17)15(22)23;1-2(3)4/h3-4,9H,2,5-8,10-11H2,1H3,(H,22,23);1H3,(H,3,4). The van der Waals surface area contributed by atoms with E-state index < -0.39 is 29.7 Å². The molecule has 1 spiro atoms. The number of ether oxygens (including phenoxy) is 2. The number of piperidine rings is 1. The Balaban J connectivity index is 0.000000735. The Morgan fingerprint density at radius 3 is 2.37 bits per heavy atom. The highest BCUT2D eigenvalue weighted by atomic mass is 16.6. The first-order valence-corrected chi connectivity index (χ1v) is 9.43. The largest absolute Gasteiger partial charge is 0.481 e. The number of hydrogen-bond donors (Lipinski definition) is 2. The van der Waals surface area contributed by atoms with E-state index in [0.717, 1.165) is 6.92 Å². The molecule has 0 radical (unpaired) electrons. The van der Waals surface area contributed by atoms with E-state index in [9.17, 15) is 14.4 Å². The van der Waals surface area contributed by atoms with Crippen LogP contribution in [0.5, 0.6) is 0 Å². The van der Waals surface area contributed by atoms with Crippen molar-refractivity contribution in [3.8, 4) is 0 Å². The van der Waals surface area contributed by atoms with Gasteiger partial charge in [0.25, 0.3) is 5.97 Å². The number of carboxylic acids is 1. The van der Waals surface area contributed by atoms with Crippen molar-refractivity contribution in [2.75, 3.05) is 26.2 Å². The van der Waals surface area contributed by atoms with E-state index in [2.05, 4.69) is 4.98 Å². The summed E-state index contributed by atoms with van der Waals surface area (Å²) in [7, 11) is 0. The van der Waals surface area contributed by atoms with Gasteiger partial charge in [-0.1, -0.05) is 0 Å². The van der Waals surface area contributed by atoms with E-state index in [1.165, 1.54) is 11.1 Å². The van der Waals surface area contributed by atoms with Crippen molar-refractivity contribution < 1.29 is 38.9 Å². The quantitative estimate of drug-likeness (QED) is 0.692. The van der Waals surface area contributed by atoms with Gasteiger partial charge in [-0.15, -0.1) is 0 Å². The fourth-order valence-electron chi connectivity index (χ4n) is 3.23. The molecule has 2 N–H and O–H groups in total. The van der Waals surface area contributed by atoms with Crippen molar-refractivity contribution in [3.05, 3.63) is 29.6 Å². The van der Waals surface area contributed by atoms with Gasteiger partial charge in [0.15, 0.2) is 0 Å². The minimum Gasteiger partial charge on any atom is -0.481 e. The molecule has 1 aromatic heterocycles. The van der Waals surface area contributed by atoms with Gasteiger partial charge < -0.3 is 24.6 Å². The first-order chi connectivity index (χ1) is 14.2. The third-order valence-corrected chi connectivity index (χ3v) is 4.67. The zero-order chi connectivity index (χ0) is 22.3. The Hall–Kier alpha value is -3.37. The maximum absolute atomic E-state index is 12.2. The molecule has 2 aliphatic rings. The van der Waals surface area contributed by atoms with Crippen LogP contribution in [0.2, 0.25) is 0 Å². The number of amides is 2. The Kier molecular flexibility index (Phi) is 7.56. The highest BCUT2D eigenvalue weighted by molar-refractivity contribution is 5.88. The maximum atomic E-state index is 12.2. The molecule has 0 saturated carbocycles. The summed E-state index contributed by atoms with van der Waals surface area (Å²) in [5, 5.41) is 16.4. The van der Waals surface area contributed by atoms with Crippen LogP contribution in [0.4, 0.5) is 9.59 Å². The summed E-state index contributed by atoms with van der Waals surface area (Å²) in [5.74, 6) is -1.27. The summed E-state index contributed by atoms with van der Waals surface area (Å²) in [6, 6.07) is 3.29. The SMILES string of the molecule is CC(=O)O.CCOC(=O)c1ccc(CN2CC3(CCN(C(=O)O)CC3)OC2=O)nc1.